The number of ether oxygens (including phenoxy) is 1. The predicted octanol–water partition coefficient (Wildman–Crippen LogP) is 3.65. The molecule has 0 fully saturated rings. The normalized spacial score (nSPS) is 13.3. The highest BCUT2D eigenvalue weighted by Crippen LogP contribution is 2.25. The average Bonchev–Trinajstić information content (AvgIpc) is 3.07. The van der Waals surface area contributed by atoms with Gasteiger partial charge in [-0.2, -0.15) is 0 Å². The number of hydrogen-bond acceptors (Lipinski definition) is 5. The maximum Gasteiger partial charge on any atom is 0.284 e. The van der Waals surface area contributed by atoms with Gasteiger partial charge in [0.1, 0.15) is 5.75 Å². The maximum atomic E-state index is 12.7. The fraction of sp³-hybridized carbons (Fsp3) is 0.227. The number of carbonyl (C=O) groups is 2. The summed E-state index contributed by atoms with van der Waals surface area (Å²) in [5.74, 6) is 0.492. The summed E-state index contributed by atoms with van der Waals surface area (Å²) in [7, 11) is 1.59. The zero-order chi connectivity index (χ0) is 20.2. The lowest BCUT2D eigenvalue weighted by molar-refractivity contribution is 0.0762. The van der Waals surface area contributed by atoms with Crippen molar-refractivity contribution in [3.8, 4) is 5.75 Å². The summed E-state index contributed by atoms with van der Waals surface area (Å²) >= 11 is 1.40. The summed E-state index contributed by atoms with van der Waals surface area (Å²) in [4.78, 5) is 32.8. The molecule has 1 N–H and O–H groups in total. The summed E-state index contributed by atoms with van der Waals surface area (Å²) in [5, 5.41) is 3.32. The van der Waals surface area contributed by atoms with E-state index < -0.39 is 0 Å². The topological polar surface area (TPSA) is 71.5 Å². The van der Waals surface area contributed by atoms with Crippen LogP contribution < -0.4 is 10.1 Å². The van der Waals surface area contributed by atoms with Crippen LogP contribution in [0.2, 0.25) is 0 Å². The number of amides is 2. The molecule has 0 saturated carbocycles. The zero-order valence-corrected chi connectivity index (χ0v) is 16.9. The lowest BCUT2D eigenvalue weighted by Crippen LogP contribution is -2.33. The highest BCUT2D eigenvalue weighted by molar-refractivity contribution is 7.13. The highest BCUT2D eigenvalue weighted by Gasteiger charge is 2.24. The number of aromatic nitrogens is 1. The fourth-order valence-electron chi connectivity index (χ4n) is 3.31. The van der Waals surface area contributed by atoms with E-state index >= 15 is 0 Å². The first-order chi connectivity index (χ1) is 14.1. The Hall–Kier alpha value is -3.19. The molecule has 7 heteroatoms. The molecule has 148 valence electrons. The van der Waals surface area contributed by atoms with E-state index in [0.29, 0.717) is 47.9 Å². The number of nitrogens with zero attached hydrogens (tertiary/aromatic N) is 2. The lowest BCUT2D eigenvalue weighted by Gasteiger charge is -2.20. The van der Waals surface area contributed by atoms with Crippen molar-refractivity contribution in [2.75, 3.05) is 25.5 Å². The van der Waals surface area contributed by atoms with E-state index in [0.717, 1.165) is 10.6 Å². The third-order valence-corrected chi connectivity index (χ3v) is 5.99. The number of benzene rings is 2. The molecule has 6 nitrogen and oxygen atoms in total. The molecule has 0 unspecified atom stereocenters. The Bertz CT molecular complexity index is 1010. The summed E-state index contributed by atoms with van der Waals surface area (Å²) in [6, 6.07) is 16.5. The van der Waals surface area contributed by atoms with Crippen molar-refractivity contribution in [2.45, 2.75) is 12.8 Å². The van der Waals surface area contributed by atoms with Crippen molar-refractivity contribution in [2.24, 2.45) is 0 Å². The number of methoxy groups -OCH3 is 1. The summed E-state index contributed by atoms with van der Waals surface area (Å²) < 4.78 is 5.19. The van der Waals surface area contributed by atoms with Gasteiger partial charge in [0, 0.05) is 48.1 Å². The highest BCUT2D eigenvalue weighted by atomic mass is 32.1. The molecule has 2 aromatic carbocycles. The molecule has 0 bridgehead atoms. The minimum Gasteiger partial charge on any atom is -0.497 e. The van der Waals surface area contributed by atoms with Gasteiger partial charge in [-0.25, -0.2) is 4.98 Å². The SMILES string of the molecule is COc1cccc(NC(=O)c2nc3c(s2)CCN(C(=O)c2ccccc2)CC3)c1. The van der Waals surface area contributed by atoms with Crippen LogP contribution in [0.1, 0.15) is 30.7 Å². The first-order valence-electron chi connectivity index (χ1n) is 9.42. The Morgan fingerprint density at radius 1 is 1.07 bits per heavy atom. The molecule has 2 amide bonds. The largest absolute Gasteiger partial charge is 0.497 e. The molecule has 0 saturated heterocycles. The number of anilines is 1. The van der Waals surface area contributed by atoms with Crippen LogP contribution in [0, 0.1) is 0 Å². The van der Waals surface area contributed by atoms with Gasteiger partial charge in [0.15, 0.2) is 5.01 Å². The van der Waals surface area contributed by atoms with Crippen LogP contribution in [0.3, 0.4) is 0 Å². The molecular formula is C22H21N3O3S. The molecule has 0 aliphatic carbocycles. The summed E-state index contributed by atoms with van der Waals surface area (Å²) in [6.07, 6.45) is 1.36. The van der Waals surface area contributed by atoms with Gasteiger partial charge < -0.3 is 15.0 Å². The fourth-order valence-corrected chi connectivity index (χ4v) is 4.30. The Labute approximate surface area is 173 Å². The van der Waals surface area contributed by atoms with Crippen molar-refractivity contribution >= 4 is 28.8 Å². The van der Waals surface area contributed by atoms with Gasteiger partial charge in [-0.15, -0.1) is 11.3 Å². The van der Waals surface area contributed by atoms with Crippen LogP contribution in [0.4, 0.5) is 5.69 Å². The van der Waals surface area contributed by atoms with Crippen LogP contribution in [-0.2, 0) is 12.8 Å². The van der Waals surface area contributed by atoms with Gasteiger partial charge in [0.25, 0.3) is 11.8 Å². The van der Waals surface area contributed by atoms with E-state index in [-0.39, 0.29) is 11.8 Å². The van der Waals surface area contributed by atoms with E-state index in [2.05, 4.69) is 10.3 Å². The molecule has 0 spiro atoms. The van der Waals surface area contributed by atoms with E-state index in [4.69, 9.17) is 4.74 Å². The van der Waals surface area contributed by atoms with Gasteiger partial charge in [0.05, 0.1) is 12.8 Å². The number of carbonyl (C=O) groups excluding carboxylic acids is 2. The second-order valence-electron chi connectivity index (χ2n) is 6.73. The molecule has 1 aliphatic heterocycles. The minimum atomic E-state index is -0.228. The number of thiazole rings is 1. The Kier molecular flexibility index (Phi) is 5.57. The van der Waals surface area contributed by atoms with Crippen LogP contribution in [-0.4, -0.2) is 41.9 Å². The molecular weight excluding hydrogens is 386 g/mol. The first-order valence-corrected chi connectivity index (χ1v) is 10.2. The quantitative estimate of drug-likeness (QED) is 0.717. The molecule has 1 aromatic heterocycles. The molecule has 0 atom stereocenters. The monoisotopic (exact) mass is 407 g/mol. The van der Waals surface area contributed by atoms with Crippen molar-refractivity contribution in [3.05, 3.63) is 75.7 Å². The van der Waals surface area contributed by atoms with Crippen LogP contribution >= 0.6 is 11.3 Å². The third kappa shape index (κ3) is 4.30. The number of hydrogen-bond donors (Lipinski definition) is 1. The van der Waals surface area contributed by atoms with Gasteiger partial charge in [0.2, 0.25) is 0 Å². The summed E-state index contributed by atoms with van der Waals surface area (Å²) in [5.41, 5.74) is 2.28. The van der Waals surface area contributed by atoms with Crippen LogP contribution in [0.5, 0.6) is 5.75 Å². The van der Waals surface area contributed by atoms with E-state index in [1.807, 2.05) is 53.4 Å². The van der Waals surface area contributed by atoms with Gasteiger partial charge in [-0.05, 0) is 24.3 Å². The zero-order valence-electron chi connectivity index (χ0n) is 16.1. The average molecular weight is 407 g/mol. The van der Waals surface area contributed by atoms with Crippen molar-refractivity contribution < 1.29 is 14.3 Å². The number of nitrogens with one attached hydrogen (secondary N) is 1. The second kappa shape index (κ2) is 8.45. The van der Waals surface area contributed by atoms with E-state index in [1.165, 1.54) is 11.3 Å². The first kappa shape index (κ1) is 19.1. The van der Waals surface area contributed by atoms with Crippen LogP contribution in [0.15, 0.2) is 54.6 Å². The van der Waals surface area contributed by atoms with Gasteiger partial charge >= 0.3 is 0 Å². The molecule has 2 heterocycles. The van der Waals surface area contributed by atoms with E-state index in [9.17, 15) is 9.59 Å². The van der Waals surface area contributed by atoms with Gasteiger partial charge in [-0.1, -0.05) is 24.3 Å². The number of rotatable bonds is 4. The Morgan fingerprint density at radius 2 is 1.86 bits per heavy atom. The summed E-state index contributed by atoms with van der Waals surface area (Å²) in [6.45, 7) is 1.22. The van der Waals surface area contributed by atoms with Crippen LogP contribution in [0.25, 0.3) is 0 Å². The van der Waals surface area contributed by atoms with Gasteiger partial charge in [-0.3, -0.25) is 9.59 Å². The second-order valence-corrected chi connectivity index (χ2v) is 7.82. The molecule has 1 aliphatic rings. The Morgan fingerprint density at radius 3 is 2.66 bits per heavy atom. The lowest BCUT2D eigenvalue weighted by atomic mass is 10.2. The van der Waals surface area contributed by atoms with Crippen molar-refractivity contribution in [3.63, 3.8) is 0 Å². The number of fused-ring (bicyclic) bond motifs is 1. The molecule has 3 aromatic rings. The molecule has 29 heavy (non-hydrogen) atoms. The predicted molar refractivity (Wildman–Crippen MR) is 113 cm³/mol. The van der Waals surface area contributed by atoms with E-state index in [1.54, 1.807) is 13.2 Å². The van der Waals surface area contributed by atoms with Crippen molar-refractivity contribution in [1.29, 1.82) is 0 Å². The molecule has 4 rings (SSSR count). The Balaban J connectivity index is 1.43. The maximum absolute atomic E-state index is 12.7. The smallest absolute Gasteiger partial charge is 0.284 e. The third-order valence-electron chi connectivity index (χ3n) is 4.84. The minimum absolute atomic E-state index is 0.0387. The van der Waals surface area contributed by atoms with Crippen molar-refractivity contribution in [1.82, 2.24) is 9.88 Å². The molecule has 0 radical (unpaired) electrons. The standard InChI is InChI=1S/C22H21N3O3S/c1-28-17-9-5-8-16(14-17)23-20(26)21-24-18-10-12-25(13-11-19(18)29-21)22(27)15-6-3-2-4-7-15/h2-9,14H,10-13H2,1H3,(H,23,26).